The Morgan fingerprint density at radius 1 is 1.14 bits per heavy atom. The van der Waals surface area contributed by atoms with Gasteiger partial charge in [0, 0.05) is 27.9 Å². The quantitative estimate of drug-likeness (QED) is 0.814. The van der Waals surface area contributed by atoms with E-state index in [-0.39, 0.29) is 5.91 Å². The molecule has 0 radical (unpaired) electrons. The Morgan fingerprint density at radius 3 is 2.68 bits per heavy atom. The van der Waals surface area contributed by atoms with Gasteiger partial charge in [-0.05, 0) is 36.4 Å². The second-order valence-corrected chi connectivity index (χ2v) is 5.36. The lowest BCUT2D eigenvalue weighted by Gasteiger charge is -2.06. The van der Waals surface area contributed by atoms with Crippen LogP contribution in [0.2, 0.25) is 0 Å². The lowest BCUT2D eigenvalue weighted by atomic mass is 10.2. The van der Waals surface area contributed by atoms with E-state index in [1.807, 2.05) is 30.3 Å². The summed E-state index contributed by atoms with van der Waals surface area (Å²) in [5.41, 5.74) is 1.49. The van der Waals surface area contributed by atoms with Crippen LogP contribution in [0.3, 0.4) is 0 Å². The summed E-state index contributed by atoms with van der Waals surface area (Å²) in [6.07, 6.45) is 3.17. The molecule has 0 spiro atoms. The minimum Gasteiger partial charge on any atom is -0.497 e. The zero-order valence-electron chi connectivity index (χ0n) is 12.3. The van der Waals surface area contributed by atoms with Crippen LogP contribution in [-0.4, -0.2) is 20.1 Å². The van der Waals surface area contributed by atoms with Gasteiger partial charge in [0.1, 0.15) is 11.5 Å². The van der Waals surface area contributed by atoms with Crippen LogP contribution >= 0.6 is 15.9 Å². The largest absolute Gasteiger partial charge is 0.497 e. The molecule has 1 N–H and O–H groups in total. The van der Waals surface area contributed by atoms with Gasteiger partial charge in [-0.25, -0.2) is 0 Å². The fourth-order valence-corrected chi connectivity index (χ4v) is 2.26. The number of anilines is 1. The van der Waals surface area contributed by atoms with Gasteiger partial charge in [-0.2, -0.15) is 0 Å². The maximum atomic E-state index is 12.0. The highest BCUT2D eigenvalue weighted by atomic mass is 79.9. The predicted octanol–water partition coefficient (Wildman–Crippen LogP) is 4.12. The van der Waals surface area contributed by atoms with Gasteiger partial charge in [0.2, 0.25) is 5.91 Å². The molecule has 2 aromatic rings. The van der Waals surface area contributed by atoms with Crippen molar-refractivity contribution in [2.75, 3.05) is 19.5 Å². The maximum absolute atomic E-state index is 12.0. The van der Waals surface area contributed by atoms with Crippen molar-refractivity contribution >= 4 is 33.6 Å². The SMILES string of the molecule is COc1cccc(NC(=O)/C=C/c2cc(Br)ccc2OC)c1. The van der Waals surface area contributed by atoms with E-state index in [2.05, 4.69) is 21.2 Å². The molecule has 0 aliphatic carbocycles. The zero-order valence-corrected chi connectivity index (χ0v) is 13.9. The van der Waals surface area contributed by atoms with Crippen LogP contribution < -0.4 is 14.8 Å². The fourth-order valence-electron chi connectivity index (χ4n) is 1.89. The molecule has 2 rings (SSSR count). The van der Waals surface area contributed by atoms with Crippen LogP contribution in [0.5, 0.6) is 11.5 Å². The highest BCUT2D eigenvalue weighted by Gasteiger charge is 2.03. The summed E-state index contributed by atoms with van der Waals surface area (Å²) in [5.74, 6) is 1.17. The molecule has 2 aromatic carbocycles. The van der Waals surface area contributed by atoms with Gasteiger partial charge >= 0.3 is 0 Å². The molecule has 5 heteroatoms. The molecule has 1 amide bonds. The molecule has 0 atom stereocenters. The fraction of sp³-hybridized carbons (Fsp3) is 0.118. The number of carbonyl (C=O) groups excluding carboxylic acids is 1. The maximum Gasteiger partial charge on any atom is 0.248 e. The van der Waals surface area contributed by atoms with E-state index in [1.54, 1.807) is 32.4 Å². The summed E-state index contributed by atoms with van der Waals surface area (Å²) in [6.45, 7) is 0. The number of amides is 1. The average Bonchev–Trinajstić information content (AvgIpc) is 2.53. The first-order valence-electron chi connectivity index (χ1n) is 6.59. The second-order valence-electron chi connectivity index (χ2n) is 4.44. The van der Waals surface area contributed by atoms with E-state index in [1.165, 1.54) is 6.08 Å². The van der Waals surface area contributed by atoms with Gasteiger partial charge in [0.25, 0.3) is 0 Å². The number of halogens is 1. The van der Waals surface area contributed by atoms with Crippen molar-refractivity contribution in [3.8, 4) is 11.5 Å². The van der Waals surface area contributed by atoms with Crippen molar-refractivity contribution in [3.63, 3.8) is 0 Å². The summed E-state index contributed by atoms with van der Waals surface area (Å²) < 4.78 is 11.3. The normalized spacial score (nSPS) is 10.5. The Hall–Kier alpha value is -2.27. The summed E-state index contributed by atoms with van der Waals surface area (Å²) in [6, 6.07) is 12.8. The van der Waals surface area contributed by atoms with Gasteiger partial charge in [-0.15, -0.1) is 0 Å². The van der Waals surface area contributed by atoms with Gasteiger partial charge in [0.15, 0.2) is 0 Å². The third kappa shape index (κ3) is 4.36. The number of ether oxygens (including phenoxy) is 2. The number of benzene rings is 2. The van der Waals surface area contributed by atoms with Crippen molar-refractivity contribution in [3.05, 3.63) is 58.6 Å². The lowest BCUT2D eigenvalue weighted by Crippen LogP contribution is -2.07. The van der Waals surface area contributed by atoms with Crippen molar-refractivity contribution in [1.29, 1.82) is 0 Å². The van der Waals surface area contributed by atoms with Crippen LogP contribution in [-0.2, 0) is 4.79 Å². The van der Waals surface area contributed by atoms with E-state index >= 15 is 0 Å². The number of nitrogens with one attached hydrogen (secondary N) is 1. The second kappa shape index (κ2) is 7.66. The molecule has 0 fully saturated rings. The third-order valence-corrected chi connectivity index (χ3v) is 3.44. The first-order valence-corrected chi connectivity index (χ1v) is 7.38. The van der Waals surface area contributed by atoms with Gasteiger partial charge < -0.3 is 14.8 Å². The van der Waals surface area contributed by atoms with Crippen LogP contribution in [0.1, 0.15) is 5.56 Å². The summed E-state index contributed by atoms with van der Waals surface area (Å²) in [5, 5.41) is 2.78. The Kier molecular flexibility index (Phi) is 5.61. The van der Waals surface area contributed by atoms with Crippen molar-refractivity contribution in [2.45, 2.75) is 0 Å². The molecule has 0 saturated carbocycles. The minimum absolute atomic E-state index is 0.227. The summed E-state index contributed by atoms with van der Waals surface area (Å²) >= 11 is 3.40. The van der Waals surface area contributed by atoms with E-state index < -0.39 is 0 Å². The minimum atomic E-state index is -0.227. The molecule has 0 aliphatic heterocycles. The third-order valence-electron chi connectivity index (χ3n) is 2.94. The number of carbonyl (C=O) groups is 1. The molecule has 0 unspecified atom stereocenters. The first kappa shape index (κ1) is 16.1. The first-order chi connectivity index (χ1) is 10.6. The Labute approximate surface area is 137 Å². The average molecular weight is 362 g/mol. The molecule has 0 bridgehead atoms. The molecule has 0 saturated heterocycles. The van der Waals surface area contributed by atoms with Crippen molar-refractivity contribution in [1.82, 2.24) is 0 Å². The van der Waals surface area contributed by atoms with Crippen molar-refractivity contribution < 1.29 is 14.3 Å². The number of hydrogen-bond acceptors (Lipinski definition) is 3. The molecule has 4 nitrogen and oxygen atoms in total. The van der Waals surface area contributed by atoms with Gasteiger partial charge in [0.05, 0.1) is 14.2 Å². The van der Waals surface area contributed by atoms with E-state index in [4.69, 9.17) is 9.47 Å². The smallest absolute Gasteiger partial charge is 0.248 e. The highest BCUT2D eigenvalue weighted by molar-refractivity contribution is 9.10. The predicted molar refractivity (Wildman–Crippen MR) is 91.4 cm³/mol. The molecular weight excluding hydrogens is 346 g/mol. The van der Waals surface area contributed by atoms with Crippen LogP contribution in [0.4, 0.5) is 5.69 Å². The molecule has 0 aromatic heterocycles. The van der Waals surface area contributed by atoms with Crippen LogP contribution in [0.15, 0.2) is 53.0 Å². The molecule has 0 aliphatic rings. The monoisotopic (exact) mass is 361 g/mol. The van der Waals surface area contributed by atoms with Crippen molar-refractivity contribution in [2.24, 2.45) is 0 Å². The lowest BCUT2D eigenvalue weighted by molar-refractivity contribution is -0.111. The number of methoxy groups -OCH3 is 2. The topological polar surface area (TPSA) is 47.6 Å². The van der Waals surface area contributed by atoms with E-state index in [0.29, 0.717) is 17.2 Å². The molecule has 22 heavy (non-hydrogen) atoms. The van der Waals surface area contributed by atoms with Gasteiger partial charge in [-0.1, -0.05) is 22.0 Å². The standard InChI is InChI=1S/C17H16BrNO3/c1-21-15-5-3-4-14(11-15)19-17(20)9-6-12-10-13(18)7-8-16(12)22-2/h3-11H,1-2H3,(H,19,20)/b9-6+. The number of rotatable bonds is 5. The van der Waals surface area contributed by atoms with Crippen LogP contribution in [0, 0.1) is 0 Å². The van der Waals surface area contributed by atoms with E-state index in [0.717, 1.165) is 10.0 Å². The summed E-state index contributed by atoms with van der Waals surface area (Å²) in [7, 11) is 3.18. The highest BCUT2D eigenvalue weighted by Crippen LogP contribution is 2.24. The zero-order chi connectivity index (χ0) is 15.9. The molecular formula is C17H16BrNO3. The Balaban J connectivity index is 2.09. The molecule has 114 valence electrons. The molecule has 0 heterocycles. The number of hydrogen-bond donors (Lipinski definition) is 1. The van der Waals surface area contributed by atoms with Crippen LogP contribution in [0.25, 0.3) is 6.08 Å². The van der Waals surface area contributed by atoms with Gasteiger partial charge in [-0.3, -0.25) is 4.79 Å². The Bertz CT molecular complexity index is 698. The summed E-state index contributed by atoms with van der Waals surface area (Å²) in [4.78, 5) is 12.0. The van der Waals surface area contributed by atoms with E-state index in [9.17, 15) is 4.79 Å². The Morgan fingerprint density at radius 2 is 1.95 bits per heavy atom.